The van der Waals surface area contributed by atoms with Crippen LogP contribution in [0, 0.1) is 6.92 Å². The summed E-state index contributed by atoms with van der Waals surface area (Å²) in [6.45, 7) is 3.95. The zero-order valence-electron chi connectivity index (χ0n) is 23.8. The number of sulfonamides is 1. The molecule has 0 spiro atoms. The summed E-state index contributed by atoms with van der Waals surface area (Å²) in [5.74, 6) is -0.277. The monoisotopic (exact) mass is 617 g/mol. The molecule has 2 heterocycles. The molecule has 0 saturated carbocycles. The fourth-order valence-corrected chi connectivity index (χ4v) is 5.56. The summed E-state index contributed by atoms with van der Waals surface area (Å²) in [6, 6.07) is 20.3. The van der Waals surface area contributed by atoms with Crippen LogP contribution in [0.3, 0.4) is 0 Å². The number of aromatic nitrogens is 3. The van der Waals surface area contributed by atoms with E-state index in [1.165, 1.54) is 50.1 Å². The van der Waals surface area contributed by atoms with Crippen molar-refractivity contribution in [2.75, 3.05) is 24.3 Å². The molecule has 2 aromatic heterocycles. The number of nitrogens with one attached hydrogen (secondary N) is 2. The molecule has 0 radical (unpaired) electrons. The van der Waals surface area contributed by atoms with Gasteiger partial charge in [-0.15, -0.1) is 0 Å². The van der Waals surface area contributed by atoms with Gasteiger partial charge in [0.05, 0.1) is 35.9 Å². The molecule has 0 fully saturated rings. The number of methoxy groups -OCH3 is 2. The van der Waals surface area contributed by atoms with Crippen LogP contribution in [0.4, 0.5) is 11.5 Å². The van der Waals surface area contributed by atoms with Gasteiger partial charge in [-0.05, 0) is 60.9 Å². The van der Waals surface area contributed by atoms with E-state index in [4.69, 9.17) is 26.1 Å². The fraction of sp³-hybridized carbons (Fsp3) is 0.161. The van der Waals surface area contributed by atoms with E-state index in [0.717, 1.165) is 17.5 Å². The van der Waals surface area contributed by atoms with Crippen LogP contribution in [0.25, 0.3) is 22.2 Å². The van der Waals surface area contributed by atoms with Crippen LogP contribution in [0.5, 0.6) is 11.9 Å². The van der Waals surface area contributed by atoms with Crippen molar-refractivity contribution in [1.82, 2.24) is 15.0 Å². The quantitative estimate of drug-likeness (QED) is 0.197. The van der Waals surface area contributed by atoms with Gasteiger partial charge in [-0.3, -0.25) is 9.52 Å². The van der Waals surface area contributed by atoms with Crippen LogP contribution in [0.2, 0.25) is 5.02 Å². The van der Waals surface area contributed by atoms with E-state index in [0.29, 0.717) is 32.9 Å². The lowest BCUT2D eigenvalue weighted by molar-refractivity contribution is 0.102. The molecular formula is C31H28ClN5O5S. The number of benzene rings is 3. The lowest BCUT2D eigenvalue weighted by Crippen LogP contribution is -2.15. The molecule has 0 aliphatic carbocycles. The van der Waals surface area contributed by atoms with Crippen LogP contribution in [0.15, 0.2) is 77.7 Å². The van der Waals surface area contributed by atoms with E-state index in [2.05, 4.69) is 26.9 Å². The van der Waals surface area contributed by atoms with Crippen molar-refractivity contribution >= 4 is 49.9 Å². The molecule has 0 bridgehead atoms. The molecule has 0 aliphatic rings. The summed E-state index contributed by atoms with van der Waals surface area (Å²) in [5.41, 5.74) is 4.90. The Labute approximate surface area is 254 Å². The number of pyridine rings is 1. The summed E-state index contributed by atoms with van der Waals surface area (Å²) in [6.07, 6.45) is 0.911. The Morgan fingerprint density at radius 1 is 0.907 bits per heavy atom. The molecule has 0 saturated heterocycles. The summed E-state index contributed by atoms with van der Waals surface area (Å²) < 4.78 is 38.5. The van der Waals surface area contributed by atoms with Gasteiger partial charge in [0.25, 0.3) is 15.9 Å². The molecule has 43 heavy (non-hydrogen) atoms. The zero-order chi connectivity index (χ0) is 30.7. The standard InChI is InChI=1S/C31H28ClN5O5S/c1-5-19-6-8-20(9-7-19)26-16-24(23-14-15-25(32)18(2)29(23)34-26)30(38)33-21-10-12-22(13-11-21)43(39,40)37-27-17-28(41-3)36-31(35-27)42-4/h6-17H,5H2,1-4H3,(H,33,38)(H,35,36,37). The van der Waals surface area contributed by atoms with Crippen molar-refractivity contribution in [1.29, 1.82) is 0 Å². The Bertz CT molecular complexity index is 1910. The van der Waals surface area contributed by atoms with Gasteiger partial charge in [0, 0.05) is 27.7 Å². The summed E-state index contributed by atoms with van der Waals surface area (Å²) in [7, 11) is -1.28. The number of fused-ring (bicyclic) bond motifs is 1. The summed E-state index contributed by atoms with van der Waals surface area (Å²) in [5, 5.41) is 4.07. The van der Waals surface area contributed by atoms with Gasteiger partial charge in [-0.2, -0.15) is 9.97 Å². The van der Waals surface area contributed by atoms with Crippen molar-refractivity contribution < 1.29 is 22.7 Å². The van der Waals surface area contributed by atoms with E-state index >= 15 is 0 Å². The number of aryl methyl sites for hydroxylation is 2. The molecule has 220 valence electrons. The van der Waals surface area contributed by atoms with Crippen LogP contribution in [-0.2, 0) is 16.4 Å². The van der Waals surface area contributed by atoms with Crippen molar-refractivity contribution in [3.8, 4) is 23.1 Å². The lowest BCUT2D eigenvalue weighted by Gasteiger charge is -2.13. The van der Waals surface area contributed by atoms with Gasteiger partial charge >= 0.3 is 6.01 Å². The first kappa shape index (κ1) is 29.7. The SMILES string of the molecule is CCc1ccc(-c2cc(C(=O)Nc3ccc(S(=O)(=O)Nc4cc(OC)nc(OC)n4)cc3)c3ccc(Cl)c(C)c3n2)cc1. The van der Waals surface area contributed by atoms with Crippen molar-refractivity contribution in [3.05, 3.63) is 94.5 Å². The van der Waals surface area contributed by atoms with Gasteiger partial charge in [-0.25, -0.2) is 13.4 Å². The van der Waals surface area contributed by atoms with E-state index in [1.54, 1.807) is 18.2 Å². The highest BCUT2D eigenvalue weighted by Crippen LogP contribution is 2.31. The number of ether oxygens (including phenoxy) is 2. The largest absolute Gasteiger partial charge is 0.481 e. The molecule has 2 N–H and O–H groups in total. The van der Waals surface area contributed by atoms with E-state index in [1.807, 2.05) is 31.2 Å². The molecule has 0 aliphatic heterocycles. The molecule has 3 aromatic carbocycles. The molecular weight excluding hydrogens is 590 g/mol. The van der Waals surface area contributed by atoms with Gasteiger partial charge in [0.2, 0.25) is 5.88 Å². The predicted molar refractivity (Wildman–Crippen MR) is 167 cm³/mol. The predicted octanol–water partition coefficient (Wildman–Crippen LogP) is 6.29. The average molecular weight is 618 g/mol. The lowest BCUT2D eigenvalue weighted by atomic mass is 10.0. The zero-order valence-corrected chi connectivity index (χ0v) is 25.4. The molecule has 0 atom stereocenters. The number of rotatable bonds is 9. The molecule has 10 nitrogen and oxygen atoms in total. The third kappa shape index (κ3) is 6.37. The molecule has 12 heteroatoms. The number of anilines is 2. The number of hydrogen-bond acceptors (Lipinski definition) is 8. The first-order valence-electron chi connectivity index (χ1n) is 13.2. The Hall–Kier alpha value is -4.74. The number of amides is 1. The maximum absolute atomic E-state index is 13.6. The Morgan fingerprint density at radius 3 is 2.28 bits per heavy atom. The summed E-state index contributed by atoms with van der Waals surface area (Å²) >= 11 is 6.41. The molecule has 5 rings (SSSR count). The molecule has 1 amide bonds. The van der Waals surface area contributed by atoms with Crippen LogP contribution in [0.1, 0.15) is 28.4 Å². The summed E-state index contributed by atoms with van der Waals surface area (Å²) in [4.78, 5) is 26.4. The number of carbonyl (C=O) groups excluding carboxylic acids is 1. The normalized spacial score (nSPS) is 11.3. The minimum atomic E-state index is -4.02. The Balaban J connectivity index is 1.43. The second kappa shape index (κ2) is 12.2. The minimum Gasteiger partial charge on any atom is -0.481 e. The third-order valence-electron chi connectivity index (χ3n) is 6.81. The Morgan fingerprint density at radius 2 is 1.63 bits per heavy atom. The van der Waals surface area contributed by atoms with Gasteiger partial charge in [-0.1, -0.05) is 48.9 Å². The van der Waals surface area contributed by atoms with Crippen LogP contribution in [-0.4, -0.2) is 43.5 Å². The average Bonchev–Trinajstić information content (AvgIpc) is 3.02. The first-order chi connectivity index (χ1) is 20.6. The second-order valence-electron chi connectivity index (χ2n) is 9.54. The Kier molecular flexibility index (Phi) is 8.47. The number of nitrogens with zero attached hydrogens (tertiary/aromatic N) is 3. The molecule has 0 unspecified atom stereocenters. The number of carbonyl (C=O) groups is 1. The highest BCUT2D eigenvalue weighted by atomic mass is 35.5. The molecule has 5 aromatic rings. The number of halogens is 1. The maximum Gasteiger partial charge on any atom is 0.321 e. The topological polar surface area (TPSA) is 132 Å². The van der Waals surface area contributed by atoms with E-state index < -0.39 is 10.0 Å². The van der Waals surface area contributed by atoms with Crippen LogP contribution < -0.4 is 19.5 Å². The first-order valence-corrected chi connectivity index (χ1v) is 15.1. The van der Waals surface area contributed by atoms with Crippen molar-refractivity contribution in [2.24, 2.45) is 0 Å². The van der Waals surface area contributed by atoms with E-state index in [9.17, 15) is 13.2 Å². The van der Waals surface area contributed by atoms with Gasteiger partial charge in [0.15, 0.2) is 5.82 Å². The smallest absolute Gasteiger partial charge is 0.321 e. The van der Waals surface area contributed by atoms with Crippen molar-refractivity contribution in [2.45, 2.75) is 25.2 Å². The van der Waals surface area contributed by atoms with Gasteiger partial charge < -0.3 is 14.8 Å². The maximum atomic E-state index is 13.6. The van der Waals surface area contributed by atoms with E-state index in [-0.39, 0.29) is 28.5 Å². The van der Waals surface area contributed by atoms with Gasteiger partial charge in [0.1, 0.15) is 0 Å². The second-order valence-corrected chi connectivity index (χ2v) is 11.6. The third-order valence-corrected chi connectivity index (χ3v) is 8.59. The fourth-order valence-electron chi connectivity index (χ4n) is 4.42. The number of hydrogen-bond donors (Lipinski definition) is 2. The van der Waals surface area contributed by atoms with Crippen molar-refractivity contribution in [3.63, 3.8) is 0 Å². The van der Waals surface area contributed by atoms with Crippen LogP contribution >= 0.6 is 11.6 Å². The highest BCUT2D eigenvalue weighted by Gasteiger charge is 2.19. The minimum absolute atomic E-state index is 0.0267. The highest BCUT2D eigenvalue weighted by molar-refractivity contribution is 7.92.